The lowest BCUT2D eigenvalue weighted by atomic mass is 10.2. The van der Waals surface area contributed by atoms with Crippen molar-refractivity contribution in [3.63, 3.8) is 0 Å². The molecule has 2 rings (SSSR count). The summed E-state index contributed by atoms with van der Waals surface area (Å²) in [6, 6.07) is 5.39. The smallest absolute Gasteiger partial charge is 0.387 e. The van der Waals surface area contributed by atoms with E-state index in [4.69, 9.17) is 11.6 Å². The number of benzene rings is 1. The van der Waals surface area contributed by atoms with Gasteiger partial charge in [-0.3, -0.25) is 0 Å². The molecule has 0 heterocycles. The fourth-order valence-electron chi connectivity index (χ4n) is 2.07. The molecule has 6 heteroatoms. The average Bonchev–Trinajstić information content (AvgIpc) is 3.21. The van der Waals surface area contributed by atoms with Gasteiger partial charge in [0.2, 0.25) is 0 Å². The molecule has 0 radical (unpaired) electrons. The molecule has 1 aliphatic rings. The minimum Gasteiger partial charge on any atom is -0.434 e. The van der Waals surface area contributed by atoms with E-state index in [1.165, 1.54) is 18.9 Å². The first-order valence-corrected chi connectivity index (χ1v) is 7.08. The van der Waals surface area contributed by atoms with Gasteiger partial charge < -0.3 is 15.0 Å². The van der Waals surface area contributed by atoms with Gasteiger partial charge in [0, 0.05) is 36.3 Å². The van der Waals surface area contributed by atoms with E-state index in [0.29, 0.717) is 17.1 Å². The minimum absolute atomic E-state index is 0.174. The van der Waals surface area contributed by atoms with E-state index in [1.807, 2.05) is 0 Å². The number of nitrogens with one attached hydrogen (secondary N) is 1. The zero-order chi connectivity index (χ0) is 14.5. The van der Waals surface area contributed by atoms with Crippen molar-refractivity contribution in [2.24, 2.45) is 0 Å². The fourth-order valence-corrected chi connectivity index (χ4v) is 2.27. The standard InChI is InChI=1S/C14H19ClF2N2O/c1-19(12-3-4-12)7-6-18-9-10-8-11(15)2-5-13(10)20-14(16)17/h2,5,8,12,14,18H,3-4,6-7,9H2,1H3. The highest BCUT2D eigenvalue weighted by Gasteiger charge is 2.25. The molecule has 1 aromatic carbocycles. The normalized spacial score (nSPS) is 15.1. The van der Waals surface area contributed by atoms with Crippen LogP contribution in [-0.4, -0.2) is 37.7 Å². The van der Waals surface area contributed by atoms with Gasteiger partial charge in [-0.2, -0.15) is 8.78 Å². The van der Waals surface area contributed by atoms with Crippen molar-refractivity contribution in [2.75, 3.05) is 20.1 Å². The molecule has 0 atom stereocenters. The molecule has 0 aliphatic heterocycles. The molecule has 1 N–H and O–H groups in total. The molecular formula is C14H19ClF2N2O. The SMILES string of the molecule is CN(CCNCc1cc(Cl)ccc1OC(F)F)C1CC1. The third-order valence-electron chi connectivity index (χ3n) is 3.37. The van der Waals surface area contributed by atoms with Gasteiger partial charge in [-0.05, 0) is 38.1 Å². The topological polar surface area (TPSA) is 24.5 Å². The maximum atomic E-state index is 12.3. The van der Waals surface area contributed by atoms with Crippen molar-refractivity contribution < 1.29 is 13.5 Å². The van der Waals surface area contributed by atoms with Gasteiger partial charge in [0.1, 0.15) is 5.75 Å². The molecule has 1 fully saturated rings. The van der Waals surface area contributed by atoms with E-state index in [-0.39, 0.29) is 5.75 Å². The van der Waals surface area contributed by atoms with Gasteiger partial charge >= 0.3 is 6.61 Å². The van der Waals surface area contributed by atoms with E-state index in [1.54, 1.807) is 12.1 Å². The first-order valence-electron chi connectivity index (χ1n) is 6.70. The number of ether oxygens (including phenoxy) is 1. The molecule has 0 bridgehead atoms. The van der Waals surface area contributed by atoms with Crippen molar-refractivity contribution >= 4 is 11.6 Å². The molecule has 0 aromatic heterocycles. The van der Waals surface area contributed by atoms with E-state index in [0.717, 1.165) is 19.1 Å². The molecule has 0 amide bonds. The van der Waals surface area contributed by atoms with Gasteiger partial charge in [-0.25, -0.2) is 0 Å². The maximum Gasteiger partial charge on any atom is 0.387 e. The number of rotatable bonds is 8. The summed E-state index contributed by atoms with van der Waals surface area (Å²) < 4.78 is 29.1. The summed E-state index contributed by atoms with van der Waals surface area (Å²) in [5, 5.41) is 3.74. The average molecular weight is 305 g/mol. The van der Waals surface area contributed by atoms with Crippen LogP contribution in [0.2, 0.25) is 5.02 Å². The summed E-state index contributed by atoms with van der Waals surface area (Å²) in [5.74, 6) is 0.174. The highest BCUT2D eigenvalue weighted by Crippen LogP contribution is 2.25. The van der Waals surface area contributed by atoms with Crippen molar-refractivity contribution in [2.45, 2.75) is 32.0 Å². The largest absolute Gasteiger partial charge is 0.434 e. The number of halogens is 3. The van der Waals surface area contributed by atoms with Crippen LogP contribution in [0.4, 0.5) is 8.78 Å². The molecule has 0 saturated heterocycles. The molecule has 3 nitrogen and oxygen atoms in total. The molecule has 1 saturated carbocycles. The van der Waals surface area contributed by atoms with Gasteiger partial charge in [0.15, 0.2) is 0 Å². The molecule has 20 heavy (non-hydrogen) atoms. The fraction of sp³-hybridized carbons (Fsp3) is 0.571. The van der Waals surface area contributed by atoms with Gasteiger partial charge in [0.25, 0.3) is 0 Å². The Morgan fingerprint density at radius 3 is 2.85 bits per heavy atom. The summed E-state index contributed by atoms with van der Waals surface area (Å²) >= 11 is 5.89. The van der Waals surface area contributed by atoms with Crippen LogP contribution < -0.4 is 10.1 Å². The summed E-state index contributed by atoms with van der Waals surface area (Å²) in [4.78, 5) is 2.31. The van der Waals surface area contributed by atoms with Crippen molar-refractivity contribution in [1.82, 2.24) is 10.2 Å². The van der Waals surface area contributed by atoms with E-state index >= 15 is 0 Å². The molecule has 1 aromatic rings. The lowest BCUT2D eigenvalue weighted by molar-refractivity contribution is -0.0504. The predicted molar refractivity (Wildman–Crippen MR) is 75.4 cm³/mol. The number of alkyl halides is 2. The third kappa shape index (κ3) is 4.89. The zero-order valence-electron chi connectivity index (χ0n) is 11.4. The van der Waals surface area contributed by atoms with Gasteiger partial charge in [-0.15, -0.1) is 0 Å². The molecular weight excluding hydrogens is 286 g/mol. The van der Waals surface area contributed by atoms with E-state index in [9.17, 15) is 8.78 Å². The van der Waals surface area contributed by atoms with Crippen molar-refractivity contribution in [3.8, 4) is 5.75 Å². The van der Waals surface area contributed by atoms with E-state index in [2.05, 4.69) is 22.0 Å². The minimum atomic E-state index is -2.82. The van der Waals surface area contributed by atoms with E-state index < -0.39 is 6.61 Å². The number of nitrogens with zero attached hydrogens (tertiary/aromatic N) is 1. The Balaban J connectivity index is 1.82. The molecule has 112 valence electrons. The summed E-state index contributed by atoms with van der Waals surface area (Å²) in [6.45, 7) is -0.624. The van der Waals surface area contributed by atoms with Gasteiger partial charge in [-0.1, -0.05) is 11.6 Å². The van der Waals surface area contributed by atoms with Crippen LogP contribution >= 0.6 is 11.6 Å². The highest BCUT2D eigenvalue weighted by atomic mass is 35.5. The maximum absolute atomic E-state index is 12.3. The Labute approximate surface area is 122 Å². The van der Waals surface area contributed by atoms with Gasteiger partial charge in [0.05, 0.1) is 0 Å². The number of hydrogen-bond acceptors (Lipinski definition) is 3. The Morgan fingerprint density at radius 2 is 2.20 bits per heavy atom. The third-order valence-corrected chi connectivity index (χ3v) is 3.60. The Hall–Kier alpha value is -0.910. The number of likely N-dealkylation sites (N-methyl/N-ethyl adjacent to an activating group) is 1. The summed E-state index contributed by atoms with van der Waals surface area (Å²) in [5.41, 5.74) is 0.645. The quantitative estimate of drug-likeness (QED) is 0.747. The lowest BCUT2D eigenvalue weighted by Crippen LogP contribution is -2.30. The van der Waals surface area contributed by atoms with Crippen molar-refractivity contribution in [3.05, 3.63) is 28.8 Å². The highest BCUT2D eigenvalue weighted by molar-refractivity contribution is 6.30. The second-order valence-corrected chi connectivity index (χ2v) is 5.46. The molecule has 0 unspecified atom stereocenters. The summed E-state index contributed by atoms with van der Waals surface area (Å²) in [6.07, 6.45) is 2.55. The van der Waals surface area contributed by atoms with Crippen LogP contribution in [0.5, 0.6) is 5.75 Å². The van der Waals surface area contributed by atoms with Crippen LogP contribution in [0.3, 0.4) is 0 Å². The van der Waals surface area contributed by atoms with Crippen LogP contribution in [0.15, 0.2) is 18.2 Å². The second-order valence-electron chi connectivity index (χ2n) is 5.02. The van der Waals surface area contributed by atoms with Crippen LogP contribution in [0, 0.1) is 0 Å². The van der Waals surface area contributed by atoms with Crippen LogP contribution in [0.25, 0.3) is 0 Å². The Bertz CT molecular complexity index is 441. The Morgan fingerprint density at radius 1 is 1.45 bits per heavy atom. The lowest BCUT2D eigenvalue weighted by Gasteiger charge is -2.16. The predicted octanol–water partition coefficient (Wildman–Crippen LogP) is 3.13. The first kappa shape index (κ1) is 15.5. The Kier molecular flexibility index (Phi) is 5.57. The summed E-state index contributed by atoms with van der Waals surface area (Å²) in [7, 11) is 2.10. The monoisotopic (exact) mass is 304 g/mol. The van der Waals surface area contributed by atoms with Crippen molar-refractivity contribution in [1.29, 1.82) is 0 Å². The van der Waals surface area contributed by atoms with Crippen LogP contribution in [-0.2, 0) is 6.54 Å². The molecule has 0 spiro atoms. The number of hydrogen-bond donors (Lipinski definition) is 1. The second kappa shape index (κ2) is 7.20. The first-order chi connectivity index (χ1) is 9.56. The zero-order valence-corrected chi connectivity index (χ0v) is 12.2. The van der Waals surface area contributed by atoms with Crippen LogP contribution in [0.1, 0.15) is 18.4 Å². The molecule has 1 aliphatic carbocycles.